The second kappa shape index (κ2) is 10.3. The van der Waals surface area contributed by atoms with Crippen LogP contribution < -0.4 is 11.5 Å². The molecule has 0 aliphatic heterocycles. The summed E-state index contributed by atoms with van der Waals surface area (Å²) in [6, 6.07) is 0. The monoisotopic (exact) mass is 202 g/mol. The molecule has 0 saturated carbocycles. The Kier molecular flexibility index (Phi) is 11.6. The minimum absolute atomic E-state index is 0.0958. The molecule has 0 bridgehead atoms. The average molecular weight is 202 g/mol. The number of Topliss-reactive ketones (excluding diaryl/α,β-unsaturated/α-hetero) is 2. The van der Waals surface area contributed by atoms with Gasteiger partial charge in [0.05, 0.1) is 6.17 Å². The summed E-state index contributed by atoms with van der Waals surface area (Å²) < 4.78 is 0. The molecule has 0 radical (unpaired) electrons. The minimum atomic E-state index is -0.380. The second-order valence-corrected chi connectivity index (χ2v) is 3.27. The molecule has 0 rings (SSSR count). The van der Waals surface area contributed by atoms with Gasteiger partial charge in [0, 0.05) is 13.8 Å². The van der Waals surface area contributed by atoms with E-state index >= 15 is 0 Å². The second-order valence-electron chi connectivity index (χ2n) is 3.27. The number of carbonyl (C=O) groups is 2. The number of hydrogen-bond acceptors (Lipinski definition) is 4. The highest BCUT2D eigenvalue weighted by atomic mass is 16.2. The molecule has 0 atom stereocenters. The van der Waals surface area contributed by atoms with Crippen LogP contribution in [0.4, 0.5) is 0 Å². The zero-order valence-electron chi connectivity index (χ0n) is 9.38. The highest BCUT2D eigenvalue weighted by Gasteiger charge is 1.94. The molecule has 14 heavy (non-hydrogen) atoms. The molecule has 4 nitrogen and oxygen atoms in total. The molecule has 4 N–H and O–H groups in total. The van der Waals surface area contributed by atoms with E-state index in [1.54, 1.807) is 0 Å². The van der Waals surface area contributed by atoms with Crippen molar-refractivity contribution in [3.8, 4) is 0 Å². The molecule has 4 heteroatoms. The van der Waals surface area contributed by atoms with E-state index in [1.807, 2.05) is 0 Å². The van der Waals surface area contributed by atoms with E-state index < -0.39 is 0 Å². The summed E-state index contributed by atoms with van der Waals surface area (Å²) in [5.41, 5.74) is 10.6. The van der Waals surface area contributed by atoms with E-state index in [0.29, 0.717) is 0 Å². The van der Waals surface area contributed by atoms with Gasteiger partial charge in [0.15, 0.2) is 11.6 Å². The van der Waals surface area contributed by atoms with Crippen LogP contribution in [0.3, 0.4) is 0 Å². The van der Waals surface area contributed by atoms with Gasteiger partial charge in [-0.2, -0.15) is 0 Å². The summed E-state index contributed by atoms with van der Waals surface area (Å²) in [6.45, 7) is 4.67. The zero-order valence-corrected chi connectivity index (χ0v) is 9.38. The highest BCUT2D eigenvalue weighted by molar-refractivity contribution is 6.35. The first-order chi connectivity index (χ1) is 6.41. The Morgan fingerprint density at radius 2 is 1.50 bits per heavy atom. The summed E-state index contributed by atoms with van der Waals surface area (Å²) >= 11 is 0. The Bertz CT molecular complexity index is 156. The minimum Gasteiger partial charge on any atom is -0.316 e. The Morgan fingerprint density at radius 3 is 1.71 bits per heavy atom. The lowest BCUT2D eigenvalue weighted by molar-refractivity contribution is -0.134. The van der Waals surface area contributed by atoms with Gasteiger partial charge in [-0.1, -0.05) is 26.2 Å². The van der Waals surface area contributed by atoms with Crippen molar-refractivity contribution >= 4 is 11.6 Å². The molecule has 0 aliphatic rings. The maximum Gasteiger partial charge on any atom is 0.195 e. The van der Waals surface area contributed by atoms with E-state index in [-0.39, 0.29) is 17.7 Å². The molecule has 0 aromatic heterocycles. The third-order valence-electron chi connectivity index (χ3n) is 1.64. The SMILES string of the molecule is CC(=O)C(C)=O.CCCCCC(N)N. The van der Waals surface area contributed by atoms with Crippen molar-refractivity contribution in [1.29, 1.82) is 0 Å². The summed E-state index contributed by atoms with van der Waals surface area (Å²) in [4.78, 5) is 19.6. The van der Waals surface area contributed by atoms with Gasteiger partial charge < -0.3 is 11.5 Å². The van der Waals surface area contributed by atoms with Crippen molar-refractivity contribution in [2.24, 2.45) is 11.5 Å². The topological polar surface area (TPSA) is 86.2 Å². The van der Waals surface area contributed by atoms with E-state index in [2.05, 4.69) is 6.92 Å². The summed E-state index contributed by atoms with van der Waals surface area (Å²) in [7, 11) is 0. The Hall–Kier alpha value is -0.740. The van der Waals surface area contributed by atoms with Crippen molar-refractivity contribution < 1.29 is 9.59 Å². The smallest absolute Gasteiger partial charge is 0.195 e. The van der Waals surface area contributed by atoms with Crippen LogP contribution in [0, 0.1) is 0 Å². The van der Waals surface area contributed by atoms with Crippen molar-refractivity contribution in [3.05, 3.63) is 0 Å². The van der Waals surface area contributed by atoms with Gasteiger partial charge in [0.1, 0.15) is 0 Å². The fraction of sp³-hybridized carbons (Fsp3) is 0.800. The lowest BCUT2D eigenvalue weighted by Crippen LogP contribution is -2.29. The molecule has 0 aromatic carbocycles. The first kappa shape index (κ1) is 15.7. The molecule has 0 fully saturated rings. The van der Waals surface area contributed by atoms with E-state index in [9.17, 15) is 9.59 Å². The Morgan fingerprint density at radius 1 is 1.07 bits per heavy atom. The quantitative estimate of drug-likeness (QED) is 0.395. The molecule has 0 amide bonds. The molecule has 0 aliphatic carbocycles. The number of nitrogens with two attached hydrogens (primary N) is 2. The van der Waals surface area contributed by atoms with Crippen LogP contribution in [-0.2, 0) is 9.59 Å². The Balaban J connectivity index is 0. The summed E-state index contributed by atoms with van der Waals surface area (Å²) in [5, 5.41) is 0. The van der Waals surface area contributed by atoms with Gasteiger partial charge in [-0.05, 0) is 6.42 Å². The fourth-order valence-corrected chi connectivity index (χ4v) is 0.630. The molecule has 0 unspecified atom stereocenters. The van der Waals surface area contributed by atoms with Crippen LogP contribution in [0.5, 0.6) is 0 Å². The van der Waals surface area contributed by atoms with Gasteiger partial charge in [0.25, 0.3) is 0 Å². The predicted molar refractivity (Wildman–Crippen MR) is 57.7 cm³/mol. The molecule has 0 spiro atoms. The van der Waals surface area contributed by atoms with Crippen LogP contribution in [0.2, 0.25) is 0 Å². The van der Waals surface area contributed by atoms with Gasteiger partial charge in [0.2, 0.25) is 0 Å². The van der Waals surface area contributed by atoms with Crippen LogP contribution in [0.1, 0.15) is 46.5 Å². The molecular weight excluding hydrogens is 180 g/mol. The van der Waals surface area contributed by atoms with Crippen molar-refractivity contribution in [2.45, 2.75) is 52.6 Å². The van der Waals surface area contributed by atoms with Crippen LogP contribution in [0.15, 0.2) is 0 Å². The number of unbranched alkanes of at least 4 members (excludes halogenated alkanes) is 2. The number of ketones is 2. The largest absolute Gasteiger partial charge is 0.316 e. The van der Waals surface area contributed by atoms with Crippen molar-refractivity contribution in [3.63, 3.8) is 0 Å². The van der Waals surface area contributed by atoms with Crippen molar-refractivity contribution in [1.82, 2.24) is 0 Å². The number of hydrogen-bond donors (Lipinski definition) is 2. The van der Waals surface area contributed by atoms with Gasteiger partial charge >= 0.3 is 0 Å². The predicted octanol–water partition coefficient (Wildman–Crippen LogP) is 0.975. The number of carbonyl (C=O) groups excluding carboxylic acids is 2. The number of rotatable bonds is 5. The normalized spacial score (nSPS) is 9.29. The third-order valence-corrected chi connectivity index (χ3v) is 1.64. The maximum absolute atomic E-state index is 9.79. The van der Waals surface area contributed by atoms with Crippen LogP contribution >= 0.6 is 0 Å². The van der Waals surface area contributed by atoms with Gasteiger partial charge in [-0.15, -0.1) is 0 Å². The van der Waals surface area contributed by atoms with E-state index in [0.717, 1.165) is 6.42 Å². The van der Waals surface area contributed by atoms with E-state index in [1.165, 1.54) is 33.1 Å². The van der Waals surface area contributed by atoms with Gasteiger partial charge in [-0.25, -0.2) is 0 Å². The lowest BCUT2D eigenvalue weighted by Gasteiger charge is -2.01. The first-order valence-corrected chi connectivity index (χ1v) is 4.94. The fourth-order valence-electron chi connectivity index (χ4n) is 0.630. The van der Waals surface area contributed by atoms with Crippen LogP contribution in [0.25, 0.3) is 0 Å². The van der Waals surface area contributed by atoms with Gasteiger partial charge in [-0.3, -0.25) is 9.59 Å². The molecule has 0 saturated heterocycles. The highest BCUT2D eigenvalue weighted by Crippen LogP contribution is 1.97. The third kappa shape index (κ3) is 17.4. The summed E-state index contributed by atoms with van der Waals surface area (Å²) in [5.74, 6) is -0.759. The molecule has 0 aromatic rings. The maximum atomic E-state index is 9.79. The molecule has 0 heterocycles. The standard InChI is InChI=1S/C6H16N2.C4H6O2/c1-2-3-4-5-6(7)8;1-3(5)4(2)6/h6H,2-5,7-8H2,1H3;1-2H3. The first-order valence-electron chi connectivity index (χ1n) is 4.94. The Labute approximate surface area is 86.0 Å². The van der Waals surface area contributed by atoms with Crippen molar-refractivity contribution in [2.75, 3.05) is 0 Å². The zero-order chi connectivity index (χ0) is 11.6. The van der Waals surface area contributed by atoms with Crippen LogP contribution in [-0.4, -0.2) is 17.7 Å². The summed E-state index contributed by atoms with van der Waals surface area (Å²) in [6.07, 6.45) is 4.54. The van der Waals surface area contributed by atoms with E-state index in [4.69, 9.17) is 11.5 Å². The lowest BCUT2D eigenvalue weighted by atomic mass is 10.2. The molecule has 84 valence electrons. The molecular formula is C10H22N2O2. The average Bonchev–Trinajstić information content (AvgIpc) is 2.05.